The van der Waals surface area contributed by atoms with Crippen molar-refractivity contribution in [1.29, 1.82) is 0 Å². The molecule has 3 rings (SSSR count). The van der Waals surface area contributed by atoms with Crippen LogP contribution in [0.15, 0.2) is 60.7 Å². The molecule has 1 heterocycles. The predicted octanol–water partition coefficient (Wildman–Crippen LogP) is 3.97. The number of nitrogens with one attached hydrogen (secondary N) is 1. The molecule has 2 heteroatoms. The largest absolute Gasteiger partial charge is 0.384 e. The summed E-state index contributed by atoms with van der Waals surface area (Å²) in [6.07, 6.45) is 1.11. The van der Waals surface area contributed by atoms with Crippen LogP contribution >= 0.6 is 12.4 Å². The molecule has 1 nitrogen and oxygen atoms in total. The summed E-state index contributed by atoms with van der Waals surface area (Å²) in [6, 6.07) is 21.2. The first-order chi connectivity index (χ1) is 8.45. The molecule has 0 aromatic heterocycles. The van der Waals surface area contributed by atoms with Crippen LogP contribution in [0.5, 0.6) is 0 Å². The summed E-state index contributed by atoms with van der Waals surface area (Å²) < 4.78 is 0. The standard InChI is InChI=1S/C16H15N.ClH/c1-3-7-13(8-4-1)15-11-12-17-16(15)14-9-5-2-6-10-14;/h1-10,17H,11-12H2;1H. The fourth-order valence-corrected chi connectivity index (χ4v) is 2.35. The second kappa shape index (κ2) is 5.74. The lowest BCUT2D eigenvalue weighted by atomic mass is 10.00. The van der Waals surface area contributed by atoms with Crippen LogP contribution in [0.2, 0.25) is 0 Å². The number of hydrogen-bond acceptors (Lipinski definition) is 1. The van der Waals surface area contributed by atoms with E-state index in [0.29, 0.717) is 0 Å². The first-order valence-corrected chi connectivity index (χ1v) is 6.03. The van der Waals surface area contributed by atoms with E-state index in [0.717, 1.165) is 13.0 Å². The van der Waals surface area contributed by atoms with Gasteiger partial charge in [0.1, 0.15) is 0 Å². The Kier molecular flexibility index (Phi) is 4.06. The molecule has 2 aromatic carbocycles. The smallest absolute Gasteiger partial charge is 0.0453 e. The molecule has 0 saturated heterocycles. The summed E-state index contributed by atoms with van der Waals surface area (Å²) in [5, 5.41) is 3.50. The number of rotatable bonds is 2. The van der Waals surface area contributed by atoms with Crippen LogP contribution < -0.4 is 5.32 Å². The average Bonchev–Trinajstić information content (AvgIpc) is 2.90. The van der Waals surface area contributed by atoms with Crippen LogP contribution in [0.3, 0.4) is 0 Å². The van der Waals surface area contributed by atoms with E-state index in [1.807, 2.05) is 0 Å². The van der Waals surface area contributed by atoms with Gasteiger partial charge in [0.2, 0.25) is 0 Å². The molecular formula is C16H16ClN. The molecule has 0 aliphatic carbocycles. The van der Waals surface area contributed by atoms with Crippen LogP contribution in [0, 0.1) is 0 Å². The normalized spacial score (nSPS) is 14.0. The second-order valence-corrected chi connectivity index (χ2v) is 4.26. The average molecular weight is 258 g/mol. The molecule has 0 bridgehead atoms. The van der Waals surface area contributed by atoms with Crippen LogP contribution in [0.4, 0.5) is 0 Å². The van der Waals surface area contributed by atoms with E-state index in [-0.39, 0.29) is 12.4 Å². The van der Waals surface area contributed by atoms with Gasteiger partial charge in [-0.15, -0.1) is 12.4 Å². The quantitative estimate of drug-likeness (QED) is 0.858. The molecule has 18 heavy (non-hydrogen) atoms. The fourth-order valence-electron chi connectivity index (χ4n) is 2.35. The van der Waals surface area contributed by atoms with E-state index in [1.165, 1.54) is 22.4 Å². The Bertz CT molecular complexity index is 482. The van der Waals surface area contributed by atoms with Gasteiger partial charge in [0.05, 0.1) is 0 Å². The van der Waals surface area contributed by atoms with E-state index in [4.69, 9.17) is 0 Å². The molecule has 0 amide bonds. The Morgan fingerprint density at radius 2 is 1.28 bits per heavy atom. The van der Waals surface area contributed by atoms with Gasteiger partial charge in [-0.05, 0) is 23.1 Å². The third kappa shape index (κ3) is 2.41. The first kappa shape index (κ1) is 12.7. The summed E-state index contributed by atoms with van der Waals surface area (Å²) in [7, 11) is 0. The zero-order valence-corrected chi connectivity index (χ0v) is 10.9. The van der Waals surface area contributed by atoms with E-state index in [2.05, 4.69) is 66.0 Å². The monoisotopic (exact) mass is 257 g/mol. The maximum Gasteiger partial charge on any atom is 0.0453 e. The predicted molar refractivity (Wildman–Crippen MR) is 79.6 cm³/mol. The van der Waals surface area contributed by atoms with Crippen molar-refractivity contribution in [3.63, 3.8) is 0 Å². The highest BCUT2D eigenvalue weighted by Crippen LogP contribution is 2.30. The van der Waals surface area contributed by atoms with Gasteiger partial charge in [-0.1, -0.05) is 60.7 Å². The Hall–Kier alpha value is -1.73. The SMILES string of the molecule is Cl.c1ccc(C2=C(c3ccccc3)NCC2)cc1. The van der Waals surface area contributed by atoms with Crippen molar-refractivity contribution in [1.82, 2.24) is 5.32 Å². The molecule has 2 aromatic rings. The zero-order valence-electron chi connectivity index (χ0n) is 10.1. The third-order valence-corrected chi connectivity index (χ3v) is 3.16. The van der Waals surface area contributed by atoms with Crippen molar-refractivity contribution >= 4 is 23.7 Å². The fraction of sp³-hybridized carbons (Fsp3) is 0.125. The van der Waals surface area contributed by atoms with Crippen molar-refractivity contribution < 1.29 is 0 Å². The van der Waals surface area contributed by atoms with Crippen molar-refractivity contribution in [3.05, 3.63) is 71.8 Å². The first-order valence-electron chi connectivity index (χ1n) is 6.03. The lowest BCUT2D eigenvalue weighted by Gasteiger charge is -2.08. The van der Waals surface area contributed by atoms with Gasteiger partial charge >= 0.3 is 0 Å². The molecule has 0 fully saturated rings. The minimum Gasteiger partial charge on any atom is -0.384 e. The molecule has 1 N–H and O–H groups in total. The minimum atomic E-state index is 0. The number of hydrogen-bond donors (Lipinski definition) is 1. The molecule has 0 radical (unpaired) electrons. The van der Waals surface area contributed by atoms with E-state index in [9.17, 15) is 0 Å². The van der Waals surface area contributed by atoms with Gasteiger partial charge in [-0.2, -0.15) is 0 Å². The molecule has 1 aliphatic heterocycles. The van der Waals surface area contributed by atoms with Gasteiger partial charge in [-0.25, -0.2) is 0 Å². The lowest BCUT2D eigenvalue weighted by molar-refractivity contribution is 0.932. The summed E-state index contributed by atoms with van der Waals surface area (Å²) >= 11 is 0. The second-order valence-electron chi connectivity index (χ2n) is 4.26. The maximum absolute atomic E-state index is 3.50. The molecule has 0 atom stereocenters. The van der Waals surface area contributed by atoms with Crippen LogP contribution in [0.1, 0.15) is 17.5 Å². The third-order valence-electron chi connectivity index (χ3n) is 3.16. The molecule has 0 spiro atoms. The van der Waals surface area contributed by atoms with Crippen molar-refractivity contribution in [3.8, 4) is 0 Å². The summed E-state index contributed by atoms with van der Waals surface area (Å²) in [4.78, 5) is 0. The van der Waals surface area contributed by atoms with E-state index in [1.54, 1.807) is 0 Å². The van der Waals surface area contributed by atoms with Crippen molar-refractivity contribution in [2.75, 3.05) is 6.54 Å². The van der Waals surface area contributed by atoms with Crippen LogP contribution in [-0.2, 0) is 0 Å². The van der Waals surface area contributed by atoms with Crippen molar-refractivity contribution in [2.24, 2.45) is 0 Å². The Morgan fingerprint density at radius 3 is 1.89 bits per heavy atom. The van der Waals surface area contributed by atoms with Gasteiger partial charge < -0.3 is 5.32 Å². The zero-order chi connectivity index (χ0) is 11.5. The number of halogens is 1. The highest BCUT2D eigenvalue weighted by Gasteiger charge is 2.16. The Morgan fingerprint density at radius 1 is 0.722 bits per heavy atom. The van der Waals surface area contributed by atoms with E-state index < -0.39 is 0 Å². The van der Waals surface area contributed by atoms with Gasteiger partial charge in [0.25, 0.3) is 0 Å². The molecular weight excluding hydrogens is 242 g/mol. The molecule has 1 aliphatic rings. The summed E-state index contributed by atoms with van der Waals surface area (Å²) in [5.74, 6) is 0. The van der Waals surface area contributed by atoms with Crippen LogP contribution in [0.25, 0.3) is 11.3 Å². The Labute approximate surface area is 114 Å². The molecule has 0 saturated carbocycles. The molecule has 92 valence electrons. The van der Waals surface area contributed by atoms with Crippen LogP contribution in [-0.4, -0.2) is 6.54 Å². The van der Waals surface area contributed by atoms with Crippen molar-refractivity contribution in [2.45, 2.75) is 6.42 Å². The summed E-state index contributed by atoms with van der Waals surface area (Å²) in [5.41, 5.74) is 5.33. The highest BCUT2D eigenvalue weighted by molar-refractivity contribution is 5.91. The Balaban J connectivity index is 0.00000120. The van der Waals surface area contributed by atoms with Gasteiger partial charge in [-0.3, -0.25) is 0 Å². The lowest BCUT2D eigenvalue weighted by Crippen LogP contribution is -2.05. The maximum atomic E-state index is 3.50. The minimum absolute atomic E-state index is 0. The summed E-state index contributed by atoms with van der Waals surface area (Å²) in [6.45, 7) is 1.04. The number of benzene rings is 2. The van der Waals surface area contributed by atoms with Gasteiger partial charge in [0, 0.05) is 12.2 Å². The van der Waals surface area contributed by atoms with Gasteiger partial charge in [0.15, 0.2) is 0 Å². The molecule has 0 unspecified atom stereocenters. The highest BCUT2D eigenvalue weighted by atomic mass is 35.5. The topological polar surface area (TPSA) is 12.0 Å². The van der Waals surface area contributed by atoms with E-state index >= 15 is 0 Å².